The molecular weight excluding hydrogens is 438 g/mol. The second-order valence-corrected chi connectivity index (χ2v) is 11.2. The molecular formula is C26H23NO5S. The monoisotopic (exact) mass is 461 g/mol. The Balaban J connectivity index is 1.62. The van der Waals surface area contributed by atoms with E-state index in [1.54, 1.807) is 31.3 Å². The Bertz CT molecular complexity index is 1460. The van der Waals surface area contributed by atoms with Gasteiger partial charge < -0.3 is 14.4 Å². The summed E-state index contributed by atoms with van der Waals surface area (Å²) in [4.78, 5) is 15.8. The van der Waals surface area contributed by atoms with E-state index in [2.05, 4.69) is 0 Å². The first kappa shape index (κ1) is 20.3. The third-order valence-electron chi connectivity index (χ3n) is 7.23. The summed E-state index contributed by atoms with van der Waals surface area (Å²) in [6, 6.07) is 14.5. The number of carbonyl (C=O) groups is 1. The van der Waals surface area contributed by atoms with Crippen molar-refractivity contribution >= 4 is 32.2 Å². The van der Waals surface area contributed by atoms with E-state index in [0.29, 0.717) is 17.9 Å². The summed E-state index contributed by atoms with van der Waals surface area (Å²) >= 11 is 0. The highest BCUT2D eigenvalue weighted by Gasteiger charge is 2.61. The fourth-order valence-electron chi connectivity index (χ4n) is 5.53. The summed E-state index contributed by atoms with van der Waals surface area (Å²) < 4.78 is 37.7. The van der Waals surface area contributed by atoms with Crippen molar-refractivity contribution in [2.24, 2.45) is 0 Å². The normalized spacial score (nSPS) is 23.5. The number of carbonyl (C=O) groups excluding carboxylic acids is 1. The van der Waals surface area contributed by atoms with E-state index in [1.807, 2.05) is 43.3 Å². The van der Waals surface area contributed by atoms with Gasteiger partial charge in [-0.2, -0.15) is 0 Å². The molecule has 3 aliphatic rings. The third-order valence-corrected chi connectivity index (χ3v) is 9.70. The van der Waals surface area contributed by atoms with Crippen LogP contribution >= 0.6 is 0 Å². The summed E-state index contributed by atoms with van der Waals surface area (Å²) in [7, 11) is -2.30. The highest BCUT2D eigenvalue weighted by Crippen LogP contribution is 2.55. The number of ether oxygens (including phenoxy) is 2. The summed E-state index contributed by atoms with van der Waals surface area (Å²) in [5.74, 6) is 0.422. The van der Waals surface area contributed by atoms with Crippen LogP contribution in [0.2, 0.25) is 0 Å². The van der Waals surface area contributed by atoms with Crippen molar-refractivity contribution in [3.63, 3.8) is 0 Å². The van der Waals surface area contributed by atoms with Gasteiger partial charge in [0.15, 0.2) is 26.1 Å². The van der Waals surface area contributed by atoms with Gasteiger partial charge in [0.25, 0.3) is 0 Å². The fraction of sp³-hybridized carbons (Fsp3) is 0.269. The Hall–Kier alpha value is -3.32. The van der Waals surface area contributed by atoms with E-state index in [1.165, 1.54) is 4.90 Å². The molecule has 0 N–H and O–H groups in total. The molecule has 6 nitrogen and oxygen atoms in total. The van der Waals surface area contributed by atoms with E-state index in [4.69, 9.17) is 9.47 Å². The van der Waals surface area contributed by atoms with E-state index in [-0.39, 0.29) is 18.1 Å². The van der Waals surface area contributed by atoms with Gasteiger partial charge in [0, 0.05) is 18.4 Å². The summed E-state index contributed by atoms with van der Waals surface area (Å²) in [6.45, 7) is 2.07. The van der Waals surface area contributed by atoms with Crippen molar-refractivity contribution in [2.75, 3.05) is 18.7 Å². The van der Waals surface area contributed by atoms with Gasteiger partial charge in [-0.1, -0.05) is 42.0 Å². The van der Waals surface area contributed by atoms with E-state index in [9.17, 15) is 13.2 Å². The summed E-state index contributed by atoms with van der Waals surface area (Å²) in [6.07, 6.45) is 4.45. The number of fused-ring (bicyclic) bond motifs is 6. The maximum absolute atomic E-state index is 14.1. The van der Waals surface area contributed by atoms with E-state index < -0.39 is 26.4 Å². The van der Waals surface area contributed by atoms with Crippen molar-refractivity contribution < 1.29 is 22.7 Å². The molecule has 6 rings (SSSR count). The molecule has 2 aliphatic heterocycles. The first-order chi connectivity index (χ1) is 15.8. The SMILES string of the molecule is Cc1ccc(S(=O)(=O)[C@]23CC=CC[C@@H]2c2ccc4cc5c(cc4c2N(C)C3=O)OCO5)cc1. The molecule has 3 aromatic rings. The molecule has 0 unspecified atom stereocenters. The number of hydrogen-bond acceptors (Lipinski definition) is 5. The van der Waals surface area contributed by atoms with Gasteiger partial charge in [0.05, 0.1) is 10.6 Å². The molecule has 0 aromatic heterocycles. The zero-order valence-electron chi connectivity index (χ0n) is 18.4. The van der Waals surface area contributed by atoms with Crippen molar-refractivity contribution in [1.82, 2.24) is 0 Å². The molecule has 7 heteroatoms. The number of nitrogens with zero attached hydrogens (tertiary/aromatic N) is 1. The van der Waals surface area contributed by atoms with Crippen LogP contribution in [0.25, 0.3) is 10.8 Å². The van der Waals surface area contributed by atoms with Crippen LogP contribution in [-0.4, -0.2) is 32.9 Å². The predicted octanol–water partition coefficient (Wildman–Crippen LogP) is 4.50. The lowest BCUT2D eigenvalue weighted by atomic mass is 9.73. The van der Waals surface area contributed by atoms with Crippen molar-refractivity contribution in [2.45, 2.75) is 35.3 Å². The Kier molecular flexibility index (Phi) is 4.21. The molecule has 0 saturated heterocycles. The number of hydrogen-bond donors (Lipinski definition) is 0. The maximum atomic E-state index is 14.1. The van der Waals surface area contributed by atoms with Crippen LogP contribution < -0.4 is 14.4 Å². The van der Waals surface area contributed by atoms with Crippen LogP contribution in [0, 0.1) is 6.92 Å². The number of aryl methyl sites for hydroxylation is 1. The average Bonchev–Trinajstić information content (AvgIpc) is 3.28. The lowest BCUT2D eigenvalue weighted by Gasteiger charge is -2.47. The molecule has 0 saturated carbocycles. The van der Waals surface area contributed by atoms with Gasteiger partial charge >= 0.3 is 0 Å². The quantitative estimate of drug-likeness (QED) is 0.526. The minimum absolute atomic E-state index is 0.148. The number of sulfone groups is 1. The second kappa shape index (κ2) is 6.84. The van der Waals surface area contributed by atoms with Crippen molar-refractivity contribution in [1.29, 1.82) is 0 Å². The molecule has 1 amide bonds. The first-order valence-corrected chi connectivity index (χ1v) is 12.4. The minimum Gasteiger partial charge on any atom is -0.454 e. The van der Waals surface area contributed by atoms with Crippen molar-refractivity contribution in [3.8, 4) is 11.5 Å². The highest BCUT2D eigenvalue weighted by molar-refractivity contribution is 7.93. The summed E-state index contributed by atoms with van der Waals surface area (Å²) in [5, 5.41) is 1.77. The number of benzene rings is 3. The van der Waals surface area contributed by atoms with Crippen LogP contribution in [0.5, 0.6) is 11.5 Å². The maximum Gasteiger partial charge on any atom is 0.249 e. The molecule has 2 heterocycles. The lowest BCUT2D eigenvalue weighted by Crippen LogP contribution is -2.60. The van der Waals surface area contributed by atoms with Gasteiger partial charge in [-0.25, -0.2) is 8.42 Å². The molecule has 0 bridgehead atoms. The first-order valence-electron chi connectivity index (χ1n) is 11.0. The molecule has 0 fully saturated rings. The number of rotatable bonds is 2. The van der Waals surface area contributed by atoms with E-state index in [0.717, 1.165) is 27.6 Å². The molecule has 0 spiro atoms. The van der Waals surface area contributed by atoms with Crippen LogP contribution in [0.4, 0.5) is 5.69 Å². The van der Waals surface area contributed by atoms with Crippen LogP contribution in [0.15, 0.2) is 65.6 Å². The Morgan fingerprint density at radius 2 is 1.73 bits per heavy atom. The highest BCUT2D eigenvalue weighted by atomic mass is 32.2. The van der Waals surface area contributed by atoms with Crippen LogP contribution in [0.3, 0.4) is 0 Å². The smallest absolute Gasteiger partial charge is 0.249 e. The zero-order valence-corrected chi connectivity index (χ0v) is 19.2. The molecule has 1 aliphatic carbocycles. The standard InChI is InChI=1S/C26H23NO5S/c1-16-6-9-18(10-7-16)33(29,30)26-12-4-3-5-21(26)19-11-8-17-13-22-23(32-15-31-22)14-20(17)24(19)27(2)25(26)28/h3-4,6-11,13-14,21H,5,12,15H2,1-2H3/t21-,26-/m1/s1. The van der Waals surface area contributed by atoms with Gasteiger partial charge in [0.1, 0.15) is 0 Å². The molecule has 168 valence electrons. The van der Waals surface area contributed by atoms with Crippen molar-refractivity contribution in [3.05, 3.63) is 71.8 Å². The third kappa shape index (κ3) is 2.60. The number of allylic oxidation sites excluding steroid dienone is 2. The summed E-state index contributed by atoms with van der Waals surface area (Å²) in [5.41, 5.74) is 2.57. The lowest BCUT2D eigenvalue weighted by molar-refractivity contribution is -0.121. The molecule has 0 radical (unpaired) electrons. The minimum atomic E-state index is -3.98. The second-order valence-electron chi connectivity index (χ2n) is 8.96. The zero-order chi connectivity index (χ0) is 23.0. The van der Waals surface area contributed by atoms with Gasteiger partial charge in [-0.3, -0.25) is 4.79 Å². The Labute approximate surface area is 192 Å². The van der Waals surface area contributed by atoms with Gasteiger partial charge in [-0.15, -0.1) is 0 Å². The van der Waals surface area contributed by atoms with Crippen LogP contribution in [0.1, 0.15) is 29.9 Å². The predicted molar refractivity (Wildman–Crippen MR) is 126 cm³/mol. The molecule has 33 heavy (non-hydrogen) atoms. The molecule has 2 atom stereocenters. The Morgan fingerprint density at radius 3 is 2.48 bits per heavy atom. The average molecular weight is 462 g/mol. The van der Waals surface area contributed by atoms with Gasteiger partial charge in [0.2, 0.25) is 12.7 Å². The van der Waals surface area contributed by atoms with Gasteiger partial charge in [-0.05, 0) is 55.0 Å². The molecule has 3 aromatic carbocycles. The largest absolute Gasteiger partial charge is 0.454 e. The topological polar surface area (TPSA) is 72.9 Å². The Morgan fingerprint density at radius 1 is 1.00 bits per heavy atom. The van der Waals surface area contributed by atoms with Crippen LogP contribution in [-0.2, 0) is 14.6 Å². The van der Waals surface area contributed by atoms with E-state index >= 15 is 0 Å². The number of amides is 1. The number of anilines is 1. The fourth-order valence-corrected chi connectivity index (χ4v) is 7.73.